The lowest BCUT2D eigenvalue weighted by molar-refractivity contribution is 0.617. The van der Waals surface area contributed by atoms with E-state index in [2.05, 4.69) is 15.4 Å². The number of rotatable bonds is 3. The molecule has 106 valence electrons. The summed E-state index contributed by atoms with van der Waals surface area (Å²) >= 11 is 0. The van der Waals surface area contributed by atoms with Crippen LogP contribution in [0.4, 0.5) is 4.39 Å². The van der Waals surface area contributed by atoms with E-state index in [1.54, 1.807) is 13.0 Å². The summed E-state index contributed by atoms with van der Waals surface area (Å²) in [6, 6.07) is 13.5. The third-order valence-electron chi connectivity index (χ3n) is 3.14. The first kappa shape index (κ1) is 13.4. The predicted octanol–water partition coefficient (Wildman–Crippen LogP) is 2.49. The second kappa shape index (κ2) is 5.41. The van der Waals surface area contributed by atoms with Gasteiger partial charge in [0.05, 0.1) is 5.69 Å². The summed E-state index contributed by atoms with van der Waals surface area (Å²) in [6.45, 7) is 1.79. The van der Waals surface area contributed by atoms with Gasteiger partial charge in [-0.3, -0.25) is 0 Å². The van der Waals surface area contributed by atoms with E-state index in [1.165, 1.54) is 16.9 Å². The first-order chi connectivity index (χ1) is 10.1. The predicted molar refractivity (Wildman–Crippen MR) is 77.2 cm³/mol. The lowest BCUT2D eigenvalue weighted by Crippen LogP contribution is -2.12. The molecule has 5 nitrogen and oxygen atoms in total. The molecule has 21 heavy (non-hydrogen) atoms. The van der Waals surface area contributed by atoms with Crippen LogP contribution in [0.25, 0.3) is 17.1 Å². The summed E-state index contributed by atoms with van der Waals surface area (Å²) in [6.07, 6.45) is 0. The van der Waals surface area contributed by atoms with Crippen LogP contribution >= 0.6 is 0 Å². The van der Waals surface area contributed by atoms with Crippen LogP contribution in [0.3, 0.4) is 0 Å². The standard InChI is InChI=1S/C15H14FN5/c1-10(17)13-9-12(16)7-8-14(13)21-19-15(18-20-21)11-5-3-2-4-6-11/h2-10H,17H2,1H3/t10-/m0/s1. The van der Waals surface area contributed by atoms with Gasteiger partial charge in [-0.05, 0) is 35.9 Å². The highest BCUT2D eigenvalue weighted by atomic mass is 19.1. The molecule has 0 spiro atoms. The van der Waals surface area contributed by atoms with Gasteiger partial charge in [-0.25, -0.2) is 4.39 Å². The van der Waals surface area contributed by atoms with Crippen molar-refractivity contribution in [1.82, 2.24) is 20.2 Å². The van der Waals surface area contributed by atoms with Gasteiger partial charge in [0.2, 0.25) is 5.82 Å². The lowest BCUT2D eigenvalue weighted by Gasteiger charge is -2.11. The van der Waals surface area contributed by atoms with Crippen LogP contribution < -0.4 is 5.73 Å². The molecule has 0 amide bonds. The van der Waals surface area contributed by atoms with Crippen LogP contribution in [0.5, 0.6) is 0 Å². The van der Waals surface area contributed by atoms with Crippen molar-refractivity contribution in [3.63, 3.8) is 0 Å². The Morgan fingerprint density at radius 2 is 1.90 bits per heavy atom. The number of halogens is 1. The van der Waals surface area contributed by atoms with Crippen molar-refractivity contribution >= 4 is 0 Å². The largest absolute Gasteiger partial charge is 0.324 e. The molecule has 0 unspecified atom stereocenters. The molecule has 0 saturated carbocycles. The Bertz CT molecular complexity index is 752. The van der Waals surface area contributed by atoms with E-state index >= 15 is 0 Å². The number of hydrogen-bond acceptors (Lipinski definition) is 4. The van der Waals surface area contributed by atoms with E-state index in [-0.39, 0.29) is 11.9 Å². The average molecular weight is 283 g/mol. The van der Waals surface area contributed by atoms with Crippen LogP contribution in [0, 0.1) is 5.82 Å². The Morgan fingerprint density at radius 1 is 1.14 bits per heavy atom. The Balaban J connectivity index is 2.05. The van der Waals surface area contributed by atoms with Crippen molar-refractivity contribution in [3.05, 3.63) is 59.9 Å². The zero-order valence-electron chi connectivity index (χ0n) is 11.4. The molecule has 0 fully saturated rings. The maximum Gasteiger partial charge on any atom is 0.205 e. The van der Waals surface area contributed by atoms with Gasteiger partial charge in [0, 0.05) is 11.6 Å². The summed E-state index contributed by atoms with van der Waals surface area (Å²) in [5, 5.41) is 12.4. The molecule has 0 aliphatic heterocycles. The second-order valence-corrected chi connectivity index (χ2v) is 4.76. The van der Waals surface area contributed by atoms with Crippen molar-refractivity contribution < 1.29 is 4.39 Å². The SMILES string of the molecule is C[C@H](N)c1cc(F)ccc1-n1nnc(-c2ccccc2)n1. The van der Waals surface area contributed by atoms with E-state index < -0.39 is 0 Å². The van der Waals surface area contributed by atoms with E-state index in [0.29, 0.717) is 17.1 Å². The molecule has 0 aliphatic carbocycles. The fourth-order valence-corrected chi connectivity index (χ4v) is 2.09. The maximum atomic E-state index is 13.4. The Hall–Kier alpha value is -2.60. The van der Waals surface area contributed by atoms with Gasteiger partial charge < -0.3 is 5.73 Å². The highest BCUT2D eigenvalue weighted by Gasteiger charge is 2.13. The average Bonchev–Trinajstić information content (AvgIpc) is 2.97. The van der Waals surface area contributed by atoms with Crippen LogP contribution in [-0.4, -0.2) is 20.2 Å². The lowest BCUT2D eigenvalue weighted by atomic mass is 10.1. The molecule has 0 radical (unpaired) electrons. The Kier molecular flexibility index (Phi) is 3.45. The number of nitrogens with zero attached hydrogens (tertiary/aromatic N) is 4. The minimum Gasteiger partial charge on any atom is -0.324 e. The highest BCUT2D eigenvalue weighted by molar-refractivity contribution is 5.53. The van der Waals surface area contributed by atoms with Gasteiger partial charge in [-0.15, -0.1) is 15.0 Å². The fraction of sp³-hybridized carbons (Fsp3) is 0.133. The summed E-state index contributed by atoms with van der Waals surface area (Å²) in [7, 11) is 0. The Morgan fingerprint density at radius 3 is 2.62 bits per heavy atom. The first-order valence-corrected chi connectivity index (χ1v) is 6.56. The zero-order valence-corrected chi connectivity index (χ0v) is 11.4. The minimum atomic E-state index is -0.338. The van der Waals surface area contributed by atoms with Crippen molar-refractivity contribution in [2.24, 2.45) is 5.73 Å². The van der Waals surface area contributed by atoms with Crippen molar-refractivity contribution in [1.29, 1.82) is 0 Å². The molecule has 2 N–H and O–H groups in total. The molecule has 3 rings (SSSR count). The van der Waals surface area contributed by atoms with E-state index in [4.69, 9.17) is 5.73 Å². The van der Waals surface area contributed by atoms with Crippen molar-refractivity contribution in [2.45, 2.75) is 13.0 Å². The van der Waals surface area contributed by atoms with Gasteiger partial charge in [0.25, 0.3) is 0 Å². The Labute approximate surface area is 121 Å². The number of aromatic nitrogens is 4. The molecule has 0 bridgehead atoms. The van der Waals surface area contributed by atoms with E-state index in [0.717, 1.165) is 5.56 Å². The molecule has 1 aromatic heterocycles. The topological polar surface area (TPSA) is 69.6 Å². The monoisotopic (exact) mass is 283 g/mol. The number of benzene rings is 2. The normalized spacial score (nSPS) is 12.3. The van der Waals surface area contributed by atoms with Crippen molar-refractivity contribution in [2.75, 3.05) is 0 Å². The molecule has 0 saturated heterocycles. The van der Waals surface area contributed by atoms with Crippen LogP contribution in [0.2, 0.25) is 0 Å². The van der Waals surface area contributed by atoms with Gasteiger partial charge in [0.15, 0.2) is 0 Å². The highest BCUT2D eigenvalue weighted by Crippen LogP contribution is 2.21. The van der Waals surface area contributed by atoms with Gasteiger partial charge in [0.1, 0.15) is 5.82 Å². The molecular weight excluding hydrogens is 269 g/mol. The summed E-state index contributed by atoms with van der Waals surface area (Å²) in [5.74, 6) is 0.171. The summed E-state index contributed by atoms with van der Waals surface area (Å²) in [4.78, 5) is 1.38. The smallest absolute Gasteiger partial charge is 0.205 e. The van der Waals surface area contributed by atoms with Gasteiger partial charge in [-0.2, -0.15) is 0 Å². The second-order valence-electron chi connectivity index (χ2n) is 4.76. The zero-order chi connectivity index (χ0) is 14.8. The van der Waals surface area contributed by atoms with Gasteiger partial charge >= 0.3 is 0 Å². The number of hydrogen-bond donors (Lipinski definition) is 1. The van der Waals surface area contributed by atoms with Crippen LogP contribution in [0.15, 0.2) is 48.5 Å². The number of tetrazole rings is 1. The maximum absolute atomic E-state index is 13.4. The van der Waals surface area contributed by atoms with Crippen LogP contribution in [0.1, 0.15) is 18.5 Å². The molecule has 6 heteroatoms. The molecule has 2 aromatic carbocycles. The molecule has 3 aromatic rings. The van der Waals surface area contributed by atoms with Crippen LogP contribution in [-0.2, 0) is 0 Å². The first-order valence-electron chi connectivity index (χ1n) is 6.56. The fourth-order valence-electron chi connectivity index (χ4n) is 2.09. The van der Waals surface area contributed by atoms with Crippen molar-refractivity contribution in [3.8, 4) is 17.1 Å². The molecular formula is C15H14FN5. The summed E-state index contributed by atoms with van der Waals surface area (Å²) in [5.41, 5.74) is 8.01. The van der Waals surface area contributed by atoms with E-state index in [9.17, 15) is 4.39 Å². The molecule has 1 heterocycles. The quantitative estimate of drug-likeness (QED) is 0.801. The third kappa shape index (κ3) is 2.66. The van der Waals surface area contributed by atoms with Gasteiger partial charge in [-0.1, -0.05) is 30.3 Å². The summed E-state index contributed by atoms with van der Waals surface area (Å²) < 4.78 is 13.4. The molecule has 0 aliphatic rings. The number of nitrogens with two attached hydrogens (primary N) is 1. The third-order valence-corrected chi connectivity index (χ3v) is 3.14. The minimum absolute atomic E-state index is 0.332. The molecule has 1 atom stereocenters. The van der Waals surface area contributed by atoms with E-state index in [1.807, 2.05) is 30.3 Å².